The molecule has 0 aliphatic carbocycles. The number of alkyl halides is 6. The van der Waals surface area contributed by atoms with E-state index in [1.165, 1.54) is 6.92 Å². The monoisotopic (exact) mass is 388 g/mol. The van der Waals surface area contributed by atoms with Crippen molar-refractivity contribution in [2.24, 2.45) is 0 Å². The molecule has 0 aromatic heterocycles. The molecular weight excluding hydrogens is 370 g/mol. The van der Waals surface area contributed by atoms with Gasteiger partial charge in [0.2, 0.25) is 0 Å². The van der Waals surface area contributed by atoms with Crippen LogP contribution in [-0.2, 0) is 17.1 Å². The first-order valence-electron chi connectivity index (χ1n) is 8.11. The lowest BCUT2D eigenvalue weighted by molar-refractivity contribution is -0.143. The molecule has 0 fully saturated rings. The summed E-state index contributed by atoms with van der Waals surface area (Å²) in [4.78, 5) is 0. The van der Waals surface area contributed by atoms with Gasteiger partial charge < -0.3 is 4.74 Å². The minimum atomic E-state index is -4.89. The van der Waals surface area contributed by atoms with Crippen LogP contribution in [0.5, 0.6) is 0 Å². The lowest BCUT2D eigenvalue weighted by Gasteiger charge is -2.21. The number of rotatable bonds is 6. The SMILES string of the molecule is C=CC(CO[C@H](C)c1cc(C(F)(F)F)cc(C(F)(F)F)c1)c1ccccc1. The molecule has 1 unspecified atom stereocenters. The van der Waals surface area contributed by atoms with Crippen LogP contribution in [0, 0.1) is 0 Å². The van der Waals surface area contributed by atoms with Gasteiger partial charge in [-0.1, -0.05) is 36.4 Å². The van der Waals surface area contributed by atoms with Crippen LogP contribution >= 0.6 is 0 Å². The van der Waals surface area contributed by atoms with Crippen LogP contribution in [0.15, 0.2) is 61.2 Å². The predicted molar refractivity (Wildman–Crippen MR) is 90.2 cm³/mol. The normalized spacial score (nSPS) is 14.6. The molecule has 0 aliphatic heterocycles. The van der Waals surface area contributed by atoms with Gasteiger partial charge in [0.25, 0.3) is 0 Å². The standard InChI is InChI=1S/C20H18F6O/c1-3-14(15-7-5-4-6-8-15)12-27-13(2)16-9-17(19(21,22)23)11-18(10-16)20(24,25)26/h3-11,13-14H,1,12H2,2H3/t13-,14?/m1/s1. The minimum Gasteiger partial charge on any atom is -0.373 e. The van der Waals surface area contributed by atoms with E-state index in [1.807, 2.05) is 30.3 Å². The Morgan fingerprint density at radius 1 is 0.889 bits per heavy atom. The molecule has 2 aromatic carbocycles. The second-order valence-electron chi connectivity index (χ2n) is 6.07. The highest BCUT2D eigenvalue weighted by atomic mass is 19.4. The molecule has 1 nitrogen and oxygen atoms in total. The van der Waals surface area contributed by atoms with Gasteiger partial charge in [-0.05, 0) is 36.2 Å². The van der Waals surface area contributed by atoms with E-state index < -0.39 is 29.6 Å². The van der Waals surface area contributed by atoms with E-state index >= 15 is 0 Å². The molecule has 0 radical (unpaired) electrons. The van der Waals surface area contributed by atoms with Gasteiger partial charge in [0.1, 0.15) is 0 Å². The van der Waals surface area contributed by atoms with E-state index in [1.54, 1.807) is 6.08 Å². The van der Waals surface area contributed by atoms with Crippen LogP contribution in [0.2, 0.25) is 0 Å². The van der Waals surface area contributed by atoms with E-state index in [4.69, 9.17) is 4.74 Å². The Kier molecular flexibility index (Phi) is 6.36. The number of halogens is 6. The van der Waals surface area contributed by atoms with Crippen LogP contribution in [0.25, 0.3) is 0 Å². The zero-order valence-electron chi connectivity index (χ0n) is 14.4. The highest BCUT2D eigenvalue weighted by molar-refractivity contribution is 5.34. The Balaban J connectivity index is 2.24. The van der Waals surface area contributed by atoms with E-state index in [0.29, 0.717) is 12.1 Å². The quantitative estimate of drug-likeness (QED) is 0.392. The van der Waals surface area contributed by atoms with E-state index in [2.05, 4.69) is 6.58 Å². The summed E-state index contributed by atoms with van der Waals surface area (Å²) in [6.07, 6.45) is -9.11. The van der Waals surface area contributed by atoms with Crippen molar-refractivity contribution in [1.29, 1.82) is 0 Å². The third-order valence-electron chi connectivity index (χ3n) is 4.12. The highest BCUT2D eigenvalue weighted by Crippen LogP contribution is 2.38. The van der Waals surface area contributed by atoms with E-state index in [0.717, 1.165) is 5.56 Å². The summed E-state index contributed by atoms with van der Waals surface area (Å²) in [7, 11) is 0. The van der Waals surface area contributed by atoms with Crippen LogP contribution in [0.1, 0.15) is 41.2 Å². The molecule has 0 saturated carbocycles. The van der Waals surface area contributed by atoms with Crippen molar-refractivity contribution in [3.8, 4) is 0 Å². The molecule has 0 heterocycles. The first-order chi connectivity index (χ1) is 12.5. The lowest BCUT2D eigenvalue weighted by Crippen LogP contribution is -2.14. The van der Waals surface area contributed by atoms with Crippen molar-refractivity contribution in [1.82, 2.24) is 0 Å². The molecule has 2 aromatic rings. The molecule has 0 saturated heterocycles. The van der Waals surface area contributed by atoms with Crippen molar-refractivity contribution in [2.75, 3.05) is 6.61 Å². The maximum atomic E-state index is 13.0. The molecule has 2 atom stereocenters. The van der Waals surface area contributed by atoms with Gasteiger partial charge in [-0.3, -0.25) is 0 Å². The van der Waals surface area contributed by atoms with Gasteiger partial charge in [0.05, 0.1) is 23.8 Å². The predicted octanol–water partition coefficient (Wildman–Crippen LogP) is 6.77. The molecule has 7 heteroatoms. The fraction of sp³-hybridized carbons (Fsp3) is 0.300. The lowest BCUT2D eigenvalue weighted by atomic mass is 9.99. The Bertz CT molecular complexity index is 732. The number of benzene rings is 2. The molecule has 0 aliphatic rings. The Morgan fingerprint density at radius 3 is 1.85 bits per heavy atom. The molecule has 2 rings (SSSR count). The number of hydrogen-bond acceptors (Lipinski definition) is 1. The molecule has 0 N–H and O–H groups in total. The number of hydrogen-bond donors (Lipinski definition) is 0. The molecule has 0 bridgehead atoms. The summed E-state index contributed by atoms with van der Waals surface area (Å²) < 4.78 is 83.4. The second-order valence-corrected chi connectivity index (χ2v) is 6.07. The molecule has 0 spiro atoms. The van der Waals surface area contributed by atoms with Crippen molar-refractivity contribution in [3.63, 3.8) is 0 Å². The average molecular weight is 388 g/mol. The van der Waals surface area contributed by atoms with Crippen molar-refractivity contribution < 1.29 is 31.1 Å². The summed E-state index contributed by atoms with van der Waals surface area (Å²) in [5.41, 5.74) is -2.01. The summed E-state index contributed by atoms with van der Waals surface area (Å²) in [5.74, 6) is -0.235. The Hall–Kier alpha value is -2.28. The largest absolute Gasteiger partial charge is 0.416 e. The second kappa shape index (κ2) is 8.17. The molecule has 0 amide bonds. The molecule has 27 heavy (non-hydrogen) atoms. The van der Waals surface area contributed by atoms with Gasteiger partial charge in [0, 0.05) is 5.92 Å². The Labute approximate surface area is 153 Å². The first-order valence-corrected chi connectivity index (χ1v) is 8.11. The van der Waals surface area contributed by atoms with Crippen molar-refractivity contribution in [3.05, 3.63) is 83.4 Å². The average Bonchev–Trinajstić information content (AvgIpc) is 2.61. The van der Waals surface area contributed by atoms with Crippen molar-refractivity contribution >= 4 is 0 Å². The third-order valence-corrected chi connectivity index (χ3v) is 4.12. The van der Waals surface area contributed by atoms with Gasteiger partial charge in [-0.15, -0.1) is 6.58 Å². The fourth-order valence-electron chi connectivity index (χ4n) is 2.56. The van der Waals surface area contributed by atoms with Crippen LogP contribution in [0.3, 0.4) is 0 Å². The first kappa shape index (κ1) is 21.0. The topological polar surface area (TPSA) is 9.23 Å². The van der Waals surface area contributed by atoms with E-state index in [-0.39, 0.29) is 24.2 Å². The summed E-state index contributed by atoms with van der Waals surface area (Å²) in [5, 5.41) is 0. The van der Waals surface area contributed by atoms with Crippen LogP contribution < -0.4 is 0 Å². The van der Waals surface area contributed by atoms with Crippen LogP contribution in [-0.4, -0.2) is 6.61 Å². The summed E-state index contributed by atoms with van der Waals surface area (Å²) in [6, 6.07) is 10.6. The smallest absolute Gasteiger partial charge is 0.373 e. The molecule has 146 valence electrons. The minimum absolute atomic E-state index is 0.0757. The third kappa shape index (κ3) is 5.60. The van der Waals surface area contributed by atoms with Gasteiger partial charge >= 0.3 is 12.4 Å². The van der Waals surface area contributed by atoms with Gasteiger partial charge in [-0.25, -0.2) is 0 Å². The van der Waals surface area contributed by atoms with E-state index in [9.17, 15) is 26.3 Å². The van der Waals surface area contributed by atoms with Gasteiger partial charge in [0.15, 0.2) is 0 Å². The van der Waals surface area contributed by atoms with Crippen LogP contribution in [0.4, 0.5) is 26.3 Å². The summed E-state index contributed by atoms with van der Waals surface area (Å²) in [6.45, 7) is 5.20. The molecular formula is C20H18F6O. The maximum absolute atomic E-state index is 13.0. The fourth-order valence-corrected chi connectivity index (χ4v) is 2.56. The summed E-state index contributed by atoms with van der Waals surface area (Å²) >= 11 is 0. The zero-order valence-corrected chi connectivity index (χ0v) is 14.4. The van der Waals surface area contributed by atoms with Crippen molar-refractivity contribution in [2.45, 2.75) is 31.3 Å². The number of ether oxygens (including phenoxy) is 1. The highest BCUT2D eigenvalue weighted by Gasteiger charge is 2.37. The zero-order chi connectivity index (χ0) is 20.2. The van der Waals surface area contributed by atoms with Gasteiger partial charge in [-0.2, -0.15) is 26.3 Å². The Morgan fingerprint density at radius 2 is 1.41 bits per heavy atom. The maximum Gasteiger partial charge on any atom is 0.416 e.